The van der Waals surface area contributed by atoms with Crippen molar-refractivity contribution in [3.8, 4) is 11.5 Å². The van der Waals surface area contributed by atoms with Crippen LogP contribution in [0.3, 0.4) is 0 Å². The number of para-hydroxylation sites is 1. The van der Waals surface area contributed by atoms with E-state index in [1.165, 1.54) is 12.1 Å². The largest absolute Gasteiger partial charge is 0.508 e. The highest BCUT2D eigenvalue weighted by Crippen LogP contribution is 2.44. The fourth-order valence-electron chi connectivity index (χ4n) is 5.08. The first-order valence-corrected chi connectivity index (χ1v) is 11.7. The Kier molecular flexibility index (Phi) is 5.15. The lowest BCUT2D eigenvalue weighted by Crippen LogP contribution is -2.39. The molecule has 2 unspecified atom stereocenters. The predicted octanol–water partition coefficient (Wildman–Crippen LogP) is 4.71. The number of benzene rings is 4. The maximum absolute atomic E-state index is 13.4. The normalized spacial score (nSPS) is 17.0. The number of amides is 4. The smallest absolute Gasteiger partial charge is 0.320 e. The molecule has 0 saturated carbocycles. The van der Waals surface area contributed by atoms with E-state index in [9.17, 15) is 24.6 Å². The summed E-state index contributed by atoms with van der Waals surface area (Å²) in [6.07, 6.45) is 0. The number of urea groups is 1. The van der Waals surface area contributed by atoms with Crippen LogP contribution in [-0.4, -0.2) is 33.0 Å². The van der Waals surface area contributed by atoms with Gasteiger partial charge in [0.2, 0.25) is 0 Å². The molecule has 2 aliphatic rings. The molecule has 0 fully saturated rings. The molecule has 8 nitrogen and oxygen atoms in total. The second kappa shape index (κ2) is 8.53. The van der Waals surface area contributed by atoms with Crippen molar-refractivity contribution in [1.29, 1.82) is 0 Å². The maximum Gasteiger partial charge on any atom is 0.320 e. The molecule has 0 bridgehead atoms. The van der Waals surface area contributed by atoms with Crippen molar-refractivity contribution in [1.82, 2.24) is 10.2 Å². The summed E-state index contributed by atoms with van der Waals surface area (Å²) >= 11 is 0. The number of hydrogen-bond acceptors (Lipinski definition) is 5. The average Bonchev–Trinajstić information content (AvgIpc) is 3.15. The summed E-state index contributed by atoms with van der Waals surface area (Å²) in [6.45, 7) is 0. The number of anilines is 1. The van der Waals surface area contributed by atoms with Crippen LogP contribution in [0.1, 0.15) is 55.1 Å². The number of fused-ring (bicyclic) bond motifs is 2. The van der Waals surface area contributed by atoms with E-state index in [2.05, 4.69) is 10.6 Å². The van der Waals surface area contributed by atoms with E-state index in [0.29, 0.717) is 33.5 Å². The second-order valence-electron chi connectivity index (χ2n) is 8.93. The molecular weight excluding hydrogens is 470 g/mol. The molecule has 182 valence electrons. The Morgan fingerprint density at radius 1 is 0.703 bits per heavy atom. The van der Waals surface area contributed by atoms with Crippen LogP contribution in [-0.2, 0) is 0 Å². The number of carbonyl (C=O) groups excluding carboxylic acids is 3. The summed E-state index contributed by atoms with van der Waals surface area (Å²) in [5, 5.41) is 27.2. The lowest BCUT2D eigenvalue weighted by atomic mass is 9.89. The van der Waals surface area contributed by atoms with Crippen molar-refractivity contribution in [2.24, 2.45) is 0 Å². The minimum Gasteiger partial charge on any atom is -0.508 e. The van der Waals surface area contributed by atoms with E-state index in [1.54, 1.807) is 72.8 Å². The van der Waals surface area contributed by atoms with Crippen LogP contribution in [0, 0.1) is 0 Å². The van der Waals surface area contributed by atoms with E-state index in [1.807, 2.05) is 6.07 Å². The molecule has 4 aromatic carbocycles. The summed E-state index contributed by atoms with van der Waals surface area (Å²) < 4.78 is 0. The van der Waals surface area contributed by atoms with Crippen LogP contribution in [0.2, 0.25) is 0 Å². The van der Waals surface area contributed by atoms with Crippen molar-refractivity contribution < 1.29 is 24.6 Å². The Bertz CT molecular complexity index is 1550. The summed E-state index contributed by atoms with van der Waals surface area (Å²) in [4.78, 5) is 40.6. The zero-order valence-corrected chi connectivity index (χ0v) is 19.4. The predicted molar refractivity (Wildman–Crippen MR) is 135 cm³/mol. The van der Waals surface area contributed by atoms with Gasteiger partial charge >= 0.3 is 6.03 Å². The monoisotopic (exact) mass is 491 g/mol. The quantitative estimate of drug-likeness (QED) is 0.244. The highest BCUT2D eigenvalue weighted by atomic mass is 16.3. The zero-order chi connectivity index (χ0) is 25.7. The molecule has 37 heavy (non-hydrogen) atoms. The first-order valence-electron chi connectivity index (χ1n) is 11.7. The molecule has 4 aromatic rings. The topological polar surface area (TPSA) is 119 Å². The minimum absolute atomic E-state index is 0.00240. The van der Waals surface area contributed by atoms with E-state index in [0.717, 1.165) is 4.90 Å². The summed E-state index contributed by atoms with van der Waals surface area (Å²) in [7, 11) is 0. The number of nitrogens with one attached hydrogen (secondary N) is 2. The number of hydrogen-bond donors (Lipinski definition) is 4. The Labute approximate surface area is 211 Å². The summed E-state index contributed by atoms with van der Waals surface area (Å²) in [6, 6.07) is 23.1. The second-order valence-corrected chi connectivity index (χ2v) is 8.93. The number of aromatic hydroxyl groups is 2. The third-order valence-electron chi connectivity index (χ3n) is 6.77. The molecule has 2 heterocycles. The number of phenols is 2. The number of rotatable bonds is 4. The SMILES string of the molecule is O=C1Nc2cc(C(c3ccccc3)N3C(=O)c4ccccc4C3=O)c(O)cc2C(c2ccccc2O)N1. The van der Waals surface area contributed by atoms with E-state index in [-0.39, 0.29) is 17.1 Å². The van der Waals surface area contributed by atoms with Gasteiger partial charge in [-0.3, -0.25) is 14.5 Å². The summed E-state index contributed by atoms with van der Waals surface area (Å²) in [5.74, 6) is -1.10. The maximum atomic E-state index is 13.4. The van der Waals surface area contributed by atoms with Crippen LogP contribution in [0.15, 0.2) is 91.0 Å². The lowest BCUT2D eigenvalue weighted by molar-refractivity contribution is 0.0607. The van der Waals surface area contributed by atoms with Gasteiger partial charge in [-0.1, -0.05) is 60.7 Å². The number of imide groups is 1. The Balaban J connectivity index is 1.52. The lowest BCUT2D eigenvalue weighted by Gasteiger charge is -2.32. The third-order valence-corrected chi connectivity index (χ3v) is 6.77. The molecule has 4 N–H and O–H groups in total. The van der Waals surface area contributed by atoms with Crippen LogP contribution >= 0.6 is 0 Å². The molecule has 4 amide bonds. The Morgan fingerprint density at radius 2 is 1.32 bits per heavy atom. The van der Waals surface area contributed by atoms with Gasteiger partial charge in [0.15, 0.2) is 0 Å². The van der Waals surface area contributed by atoms with Crippen molar-refractivity contribution in [3.05, 3.63) is 124 Å². The minimum atomic E-state index is -0.950. The van der Waals surface area contributed by atoms with E-state index >= 15 is 0 Å². The van der Waals surface area contributed by atoms with Gasteiger partial charge in [-0.2, -0.15) is 0 Å². The van der Waals surface area contributed by atoms with Crippen molar-refractivity contribution in [3.63, 3.8) is 0 Å². The highest BCUT2D eigenvalue weighted by molar-refractivity contribution is 6.21. The fourth-order valence-corrected chi connectivity index (χ4v) is 5.08. The molecular formula is C29H21N3O5. The van der Waals surface area contributed by atoms with Crippen LogP contribution < -0.4 is 10.6 Å². The highest BCUT2D eigenvalue weighted by Gasteiger charge is 2.42. The molecule has 0 aliphatic carbocycles. The molecule has 0 radical (unpaired) electrons. The van der Waals surface area contributed by atoms with Gasteiger partial charge in [-0.05, 0) is 35.9 Å². The number of nitrogens with zero attached hydrogens (tertiary/aromatic N) is 1. The molecule has 2 atom stereocenters. The van der Waals surface area contributed by atoms with Crippen LogP contribution in [0.25, 0.3) is 0 Å². The Hall–Kier alpha value is -5.11. The first kappa shape index (κ1) is 22.4. The molecule has 0 saturated heterocycles. The Morgan fingerprint density at radius 3 is 2.00 bits per heavy atom. The fraction of sp³-hybridized carbons (Fsp3) is 0.0690. The van der Waals surface area contributed by atoms with Gasteiger partial charge in [-0.25, -0.2) is 4.79 Å². The van der Waals surface area contributed by atoms with Gasteiger partial charge in [0.1, 0.15) is 11.5 Å². The average molecular weight is 492 g/mol. The van der Waals surface area contributed by atoms with Crippen molar-refractivity contribution in [2.75, 3.05) is 5.32 Å². The van der Waals surface area contributed by atoms with E-state index < -0.39 is 29.9 Å². The number of phenolic OH excluding ortho intramolecular Hbond substituents is 2. The number of carbonyl (C=O) groups is 3. The third kappa shape index (κ3) is 3.58. The van der Waals surface area contributed by atoms with Crippen LogP contribution in [0.4, 0.5) is 10.5 Å². The van der Waals surface area contributed by atoms with Gasteiger partial charge in [0.25, 0.3) is 11.8 Å². The van der Waals surface area contributed by atoms with Gasteiger partial charge in [0, 0.05) is 22.4 Å². The van der Waals surface area contributed by atoms with Gasteiger partial charge in [-0.15, -0.1) is 0 Å². The van der Waals surface area contributed by atoms with Gasteiger partial charge in [0.05, 0.1) is 23.2 Å². The summed E-state index contributed by atoms with van der Waals surface area (Å²) in [5.41, 5.74) is 2.86. The molecule has 0 spiro atoms. The zero-order valence-electron chi connectivity index (χ0n) is 19.4. The van der Waals surface area contributed by atoms with Crippen molar-refractivity contribution in [2.45, 2.75) is 12.1 Å². The van der Waals surface area contributed by atoms with Gasteiger partial charge < -0.3 is 20.8 Å². The van der Waals surface area contributed by atoms with E-state index in [4.69, 9.17) is 0 Å². The standard InChI is InChI=1S/C29H21N3O5/c33-23-13-7-6-12-19(23)25-20-15-24(34)21(14-22(20)30-29(37)31-25)26(16-8-2-1-3-9-16)32-27(35)17-10-4-5-11-18(17)28(32)36/h1-15,25-26,33-34H,(H2,30,31,37). The van der Waals surface area contributed by atoms with Crippen LogP contribution in [0.5, 0.6) is 11.5 Å². The first-order chi connectivity index (χ1) is 17.9. The molecule has 8 heteroatoms. The molecule has 6 rings (SSSR count). The molecule has 0 aromatic heterocycles. The van der Waals surface area contributed by atoms with Crippen molar-refractivity contribution >= 4 is 23.5 Å². The molecule has 2 aliphatic heterocycles.